The average Bonchev–Trinajstić information content (AvgIpc) is 2.66. The Labute approximate surface area is 169 Å². The van der Waals surface area contributed by atoms with Gasteiger partial charge in [0.2, 0.25) is 0 Å². The topological polar surface area (TPSA) is 59.9 Å². The first kappa shape index (κ1) is 21.1. The summed E-state index contributed by atoms with van der Waals surface area (Å²) in [6, 6.07) is 12.9. The van der Waals surface area contributed by atoms with Crippen molar-refractivity contribution < 1.29 is 14.3 Å². The van der Waals surface area contributed by atoms with Gasteiger partial charge in [0.05, 0.1) is 24.7 Å². The molecule has 0 aliphatic heterocycles. The molecule has 1 N–H and O–H groups in total. The molecule has 1 atom stereocenters. The Balaban J connectivity index is 1.94. The van der Waals surface area contributed by atoms with Crippen LogP contribution in [0.3, 0.4) is 0 Å². The van der Waals surface area contributed by atoms with Crippen molar-refractivity contribution in [2.45, 2.75) is 30.9 Å². The first-order valence-electron chi connectivity index (χ1n) is 8.68. The van der Waals surface area contributed by atoms with Crippen molar-refractivity contribution in [3.63, 3.8) is 0 Å². The largest absolute Gasteiger partial charge is 0.490 e. The minimum Gasteiger partial charge on any atom is -0.490 e. The summed E-state index contributed by atoms with van der Waals surface area (Å²) in [6.07, 6.45) is 1.58. The Kier molecular flexibility index (Phi) is 8.48. The Morgan fingerprint density at radius 3 is 2.48 bits per heavy atom. The van der Waals surface area contributed by atoms with Gasteiger partial charge in [0.15, 0.2) is 11.5 Å². The lowest BCUT2D eigenvalue weighted by molar-refractivity contribution is -0.120. The third-order valence-electron chi connectivity index (χ3n) is 3.45. The number of nitrogens with one attached hydrogen (secondary N) is 1. The second kappa shape index (κ2) is 10.8. The van der Waals surface area contributed by atoms with Gasteiger partial charge in [-0.3, -0.25) is 4.79 Å². The zero-order valence-electron chi connectivity index (χ0n) is 15.6. The van der Waals surface area contributed by atoms with E-state index in [0.29, 0.717) is 29.7 Å². The van der Waals surface area contributed by atoms with Crippen LogP contribution >= 0.6 is 23.4 Å². The summed E-state index contributed by atoms with van der Waals surface area (Å²) >= 11 is 7.31. The van der Waals surface area contributed by atoms with Gasteiger partial charge in [-0.2, -0.15) is 5.10 Å². The summed E-state index contributed by atoms with van der Waals surface area (Å²) in [7, 11) is 0. The SMILES string of the molecule is CCOc1ccc(/C=N/NC(=O)C(C)Sc2ccc(Cl)cc2)cc1OCC. The Morgan fingerprint density at radius 2 is 1.81 bits per heavy atom. The first-order chi connectivity index (χ1) is 13.0. The smallest absolute Gasteiger partial charge is 0.253 e. The van der Waals surface area contributed by atoms with E-state index in [-0.39, 0.29) is 11.2 Å². The Morgan fingerprint density at radius 1 is 1.15 bits per heavy atom. The fraction of sp³-hybridized carbons (Fsp3) is 0.300. The standard InChI is InChI=1S/C20H23ClN2O3S/c1-4-25-18-11-6-15(12-19(18)26-5-2)13-22-23-20(24)14(3)27-17-9-7-16(21)8-10-17/h6-14H,4-5H2,1-3H3,(H,23,24)/b22-13+. The van der Waals surface area contributed by atoms with E-state index in [0.717, 1.165) is 10.5 Å². The third kappa shape index (κ3) is 6.81. The van der Waals surface area contributed by atoms with Crippen LogP contribution in [-0.2, 0) is 4.79 Å². The van der Waals surface area contributed by atoms with Crippen molar-refractivity contribution in [1.29, 1.82) is 0 Å². The fourth-order valence-corrected chi connectivity index (χ4v) is 3.17. The second-order valence-corrected chi connectivity index (χ2v) is 7.37. The lowest BCUT2D eigenvalue weighted by Gasteiger charge is -2.11. The van der Waals surface area contributed by atoms with Gasteiger partial charge in [0, 0.05) is 9.92 Å². The van der Waals surface area contributed by atoms with Crippen LogP contribution in [0.25, 0.3) is 0 Å². The van der Waals surface area contributed by atoms with Crippen molar-refractivity contribution in [3.8, 4) is 11.5 Å². The van der Waals surface area contributed by atoms with Crippen LogP contribution in [-0.4, -0.2) is 30.6 Å². The summed E-state index contributed by atoms with van der Waals surface area (Å²) < 4.78 is 11.1. The van der Waals surface area contributed by atoms with Crippen molar-refractivity contribution in [1.82, 2.24) is 5.43 Å². The highest BCUT2D eigenvalue weighted by atomic mass is 35.5. The number of hydrogen-bond donors (Lipinski definition) is 1. The molecule has 7 heteroatoms. The average molecular weight is 407 g/mol. The summed E-state index contributed by atoms with van der Waals surface area (Å²) in [5.41, 5.74) is 3.37. The molecule has 1 amide bonds. The monoisotopic (exact) mass is 406 g/mol. The maximum Gasteiger partial charge on any atom is 0.253 e. The minimum absolute atomic E-state index is 0.179. The predicted molar refractivity (Wildman–Crippen MR) is 111 cm³/mol. The lowest BCUT2D eigenvalue weighted by Crippen LogP contribution is -2.26. The van der Waals surface area contributed by atoms with E-state index in [1.54, 1.807) is 18.3 Å². The van der Waals surface area contributed by atoms with E-state index in [1.165, 1.54) is 11.8 Å². The molecule has 2 rings (SSSR count). The van der Waals surface area contributed by atoms with Gasteiger partial charge >= 0.3 is 0 Å². The molecule has 0 radical (unpaired) electrons. The van der Waals surface area contributed by atoms with Gasteiger partial charge in [-0.1, -0.05) is 11.6 Å². The van der Waals surface area contributed by atoms with E-state index in [9.17, 15) is 4.79 Å². The van der Waals surface area contributed by atoms with Crippen LogP contribution < -0.4 is 14.9 Å². The summed E-state index contributed by atoms with van der Waals surface area (Å²) in [6.45, 7) is 6.76. The van der Waals surface area contributed by atoms with Gasteiger partial charge < -0.3 is 9.47 Å². The molecule has 1 unspecified atom stereocenters. The number of hydrogen-bond acceptors (Lipinski definition) is 5. The molecule has 0 aliphatic rings. The van der Waals surface area contributed by atoms with Crippen LogP contribution in [0.5, 0.6) is 11.5 Å². The molecule has 0 spiro atoms. The molecule has 0 bridgehead atoms. The highest BCUT2D eigenvalue weighted by Crippen LogP contribution is 2.28. The molecular formula is C20H23ClN2O3S. The zero-order chi connectivity index (χ0) is 19.6. The minimum atomic E-state index is -0.289. The van der Waals surface area contributed by atoms with Gasteiger partial charge in [0.1, 0.15) is 0 Å². The summed E-state index contributed by atoms with van der Waals surface area (Å²) in [5.74, 6) is 1.16. The maximum absolute atomic E-state index is 12.2. The molecule has 0 heterocycles. The normalized spacial score (nSPS) is 12.0. The molecule has 0 aliphatic carbocycles. The number of nitrogens with zero attached hydrogens (tertiary/aromatic N) is 1. The Hall–Kier alpha value is -2.18. The zero-order valence-corrected chi connectivity index (χ0v) is 17.1. The number of carbonyl (C=O) groups excluding carboxylic acids is 1. The predicted octanol–water partition coefficient (Wildman–Crippen LogP) is 4.77. The van der Waals surface area contributed by atoms with E-state index in [4.69, 9.17) is 21.1 Å². The number of rotatable bonds is 9. The summed E-state index contributed by atoms with van der Waals surface area (Å²) in [4.78, 5) is 13.2. The van der Waals surface area contributed by atoms with E-state index < -0.39 is 0 Å². The quantitative estimate of drug-likeness (QED) is 0.370. The maximum atomic E-state index is 12.2. The molecule has 5 nitrogen and oxygen atoms in total. The number of halogens is 1. The van der Waals surface area contributed by atoms with Crippen LogP contribution in [0.1, 0.15) is 26.3 Å². The molecule has 0 saturated carbocycles. The molecule has 2 aromatic carbocycles. The van der Waals surface area contributed by atoms with Crippen molar-refractivity contribution >= 4 is 35.5 Å². The molecule has 0 aromatic heterocycles. The van der Waals surface area contributed by atoms with Gasteiger partial charge in [-0.05, 0) is 68.8 Å². The molecule has 0 saturated heterocycles. The highest BCUT2D eigenvalue weighted by molar-refractivity contribution is 8.00. The molecule has 27 heavy (non-hydrogen) atoms. The van der Waals surface area contributed by atoms with Crippen molar-refractivity contribution in [3.05, 3.63) is 53.1 Å². The lowest BCUT2D eigenvalue weighted by atomic mass is 10.2. The highest BCUT2D eigenvalue weighted by Gasteiger charge is 2.13. The molecule has 144 valence electrons. The van der Waals surface area contributed by atoms with Crippen LogP contribution in [0.4, 0.5) is 0 Å². The van der Waals surface area contributed by atoms with Crippen LogP contribution in [0, 0.1) is 0 Å². The van der Waals surface area contributed by atoms with Gasteiger partial charge in [0.25, 0.3) is 5.91 Å². The molecular weight excluding hydrogens is 384 g/mol. The van der Waals surface area contributed by atoms with Crippen LogP contribution in [0.2, 0.25) is 5.02 Å². The first-order valence-corrected chi connectivity index (χ1v) is 9.94. The molecule has 0 fully saturated rings. The van der Waals surface area contributed by atoms with Crippen LogP contribution in [0.15, 0.2) is 52.5 Å². The van der Waals surface area contributed by atoms with Crippen molar-refractivity contribution in [2.75, 3.05) is 13.2 Å². The summed E-state index contributed by atoms with van der Waals surface area (Å²) in [5, 5.41) is 4.42. The van der Waals surface area contributed by atoms with Crippen molar-refractivity contribution in [2.24, 2.45) is 5.10 Å². The number of carbonyl (C=O) groups is 1. The molecule has 2 aromatic rings. The Bertz CT molecular complexity index is 781. The third-order valence-corrected chi connectivity index (χ3v) is 4.82. The van der Waals surface area contributed by atoms with E-state index in [1.807, 2.05) is 51.1 Å². The number of thioether (sulfide) groups is 1. The van der Waals surface area contributed by atoms with Gasteiger partial charge in [-0.15, -0.1) is 11.8 Å². The number of ether oxygens (including phenoxy) is 2. The van der Waals surface area contributed by atoms with Gasteiger partial charge in [-0.25, -0.2) is 5.43 Å². The number of hydrazone groups is 1. The fourth-order valence-electron chi connectivity index (χ4n) is 2.18. The second-order valence-electron chi connectivity index (χ2n) is 5.52. The number of amides is 1. The van der Waals surface area contributed by atoms with E-state index in [2.05, 4.69) is 10.5 Å². The number of benzene rings is 2. The van der Waals surface area contributed by atoms with E-state index >= 15 is 0 Å².